The van der Waals surface area contributed by atoms with Crippen LogP contribution in [0.25, 0.3) is 0 Å². The Morgan fingerprint density at radius 1 is 1.31 bits per heavy atom. The van der Waals surface area contributed by atoms with E-state index >= 15 is 0 Å². The van der Waals surface area contributed by atoms with Crippen molar-refractivity contribution in [1.82, 2.24) is 9.88 Å². The Morgan fingerprint density at radius 3 is 2.77 bits per heavy atom. The Labute approximate surface area is 154 Å². The summed E-state index contributed by atoms with van der Waals surface area (Å²) < 4.78 is 21.4. The summed E-state index contributed by atoms with van der Waals surface area (Å²) in [6.07, 6.45) is 1.72. The van der Waals surface area contributed by atoms with Gasteiger partial charge in [-0.3, -0.25) is 4.79 Å². The lowest BCUT2D eigenvalue weighted by Gasteiger charge is -2.26. The maximum absolute atomic E-state index is 13.8. The average molecular weight is 381 g/mol. The van der Waals surface area contributed by atoms with Crippen LogP contribution in [0.5, 0.6) is 0 Å². The van der Waals surface area contributed by atoms with E-state index in [9.17, 15) is 9.18 Å². The molecule has 0 radical (unpaired) electrons. The largest absolute Gasteiger partial charge is 0.373 e. The van der Waals surface area contributed by atoms with Gasteiger partial charge in [0.2, 0.25) is 0 Å². The average Bonchev–Trinajstić information content (AvgIpc) is 2.86. The lowest BCUT2D eigenvalue weighted by atomic mass is 9.95. The van der Waals surface area contributed by atoms with Gasteiger partial charge in [0, 0.05) is 37.8 Å². The molecule has 0 amide bonds. The third-order valence-corrected chi connectivity index (χ3v) is 4.32. The third-order valence-electron chi connectivity index (χ3n) is 4.01. The Balaban J connectivity index is 0.000000758. The smallest absolute Gasteiger partial charge is 0.372 e. The Kier molecular flexibility index (Phi) is 7.69. The van der Waals surface area contributed by atoms with E-state index in [0.29, 0.717) is 19.7 Å². The molecule has 0 spiro atoms. The number of hydrogen-bond donors (Lipinski definition) is 1. The summed E-state index contributed by atoms with van der Waals surface area (Å²) >= 11 is 5.77. The van der Waals surface area contributed by atoms with Gasteiger partial charge in [-0.2, -0.15) is 9.59 Å². The predicted molar refractivity (Wildman–Crippen MR) is 92.2 cm³/mol. The molecule has 0 saturated carbocycles. The van der Waals surface area contributed by atoms with Gasteiger partial charge < -0.3 is 14.6 Å². The van der Waals surface area contributed by atoms with Crippen LogP contribution in [-0.4, -0.2) is 30.4 Å². The second-order valence-electron chi connectivity index (χ2n) is 5.70. The zero-order chi connectivity index (χ0) is 18.9. The van der Waals surface area contributed by atoms with E-state index in [-0.39, 0.29) is 28.8 Å². The molecule has 2 heterocycles. The minimum absolute atomic E-state index is 0.0122. The number of hydrogen-bond acceptors (Lipinski definition) is 5. The van der Waals surface area contributed by atoms with Crippen LogP contribution in [-0.2, 0) is 20.9 Å². The van der Waals surface area contributed by atoms with Crippen molar-refractivity contribution in [3.8, 4) is 0 Å². The molecular weight excluding hydrogens is 363 g/mol. The number of nitrogens with one attached hydrogen (secondary N) is 1. The van der Waals surface area contributed by atoms with Gasteiger partial charge in [0.05, 0.1) is 17.7 Å². The Hall–Kier alpha value is -2.31. The topological polar surface area (TPSA) is 77.4 Å². The van der Waals surface area contributed by atoms with Gasteiger partial charge in [0.1, 0.15) is 5.82 Å². The van der Waals surface area contributed by atoms with Crippen molar-refractivity contribution in [3.63, 3.8) is 0 Å². The maximum atomic E-state index is 13.8. The maximum Gasteiger partial charge on any atom is 0.373 e. The second-order valence-corrected chi connectivity index (χ2v) is 6.11. The number of halogens is 2. The van der Waals surface area contributed by atoms with E-state index in [4.69, 9.17) is 25.9 Å². The van der Waals surface area contributed by atoms with Crippen LogP contribution in [0.2, 0.25) is 5.02 Å². The Bertz CT molecular complexity index is 821. The molecule has 1 N–H and O–H groups in total. The first kappa shape index (κ1) is 20.0. The Morgan fingerprint density at radius 2 is 2.08 bits per heavy atom. The van der Waals surface area contributed by atoms with Crippen molar-refractivity contribution < 1.29 is 18.7 Å². The number of ether oxygens (including phenoxy) is 1. The number of pyridine rings is 1. The molecule has 1 fully saturated rings. The van der Waals surface area contributed by atoms with Crippen molar-refractivity contribution in [2.24, 2.45) is 5.92 Å². The van der Waals surface area contributed by atoms with Gasteiger partial charge in [-0.15, -0.1) is 0 Å². The summed E-state index contributed by atoms with van der Waals surface area (Å²) in [4.78, 5) is 28.2. The highest BCUT2D eigenvalue weighted by atomic mass is 35.5. The molecule has 3 rings (SSSR count). The molecule has 1 aliphatic rings. The molecule has 2 atom stereocenters. The molecule has 138 valence electrons. The van der Waals surface area contributed by atoms with E-state index in [0.717, 1.165) is 12.1 Å². The fourth-order valence-corrected chi connectivity index (χ4v) is 2.99. The van der Waals surface area contributed by atoms with Crippen LogP contribution in [0.4, 0.5) is 4.39 Å². The molecule has 1 saturated heterocycles. The number of carbonyl (C=O) groups excluding carboxylic acids is 2. The van der Waals surface area contributed by atoms with Crippen molar-refractivity contribution in [1.29, 1.82) is 0 Å². The van der Waals surface area contributed by atoms with Crippen molar-refractivity contribution in [3.05, 3.63) is 69.4 Å². The summed E-state index contributed by atoms with van der Waals surface area (Å²) in [5.41, 5.74) is 0.683. The lowest BCUT2D eigenvalue weighted by molar-refractivity contribution is -0.191. The number of benzene rings is 1. The summed E-state index contributed by atoms with van der Waals surface area (Å²) in [5, 5.41) is 3.40. The standard InChI is InChI=1S/C17H18ClFN2O2.CO2/c18-14-5-4-12(9-15(14)19)17-13(10-20-6-8-23-17)11-21-7-2-1-3-16(21)22;2-1-3/h1-5,7,9,13,17,20H,6,8,10-11H2;. The van der Waals surface area contributed by atoms with Gasteiger partial charge in [0.25, 0.3) is 5.56 Å². The van der Waals surface area contributed by atoms with E-state index < -0.39 is 5.82 Å². The van der Waals surface area contributed by atoms with Crippen molar-refractivity contribution in [2.75, 3.05) is 19.7 Å². The van der Waals surface area contributed by atoms with E-state index in [1.807, 2.05) is 6.07 Å². The van der Waals surface area contributed by atoms with Gasteiger partial charge >= 0.3 is 6.15 Å². The summed E-state index contributed by atoms with van der Waals surface area (Å²) in [7, 11) is 0. The van der Waals surface area contributed by atoms with Gasteiger partial charge in [0.15, 0.2) is 0 Å². The van der Waals surface area contributed by atoms with Crippen molar-refractivity contribution in [2.45, 2.75) is 12.6 Å². The van der Waals surface area contributed by atoms with Crippen LogP contribution in [0.15, 0.2) is 47.4 Å². The minimum atomic E-state index is -0.458. The van der Waals surface area contributed by atoms with Crippen LogP contribution in [0.1, 0.15) is 11.7 Å². The molecule has 26 heavy (non-hydrogen) atoms. The lowest BCUT2D eigenvalue weighted by Crippen LogP contribution is -2.31. The van der Waals surface area contributed by atoms with Gasteiger partial charge in [-0.1, -0.05) is 23.7 Å². The summed E-state index contributed by atoms with van der Waals surface area (Å²) in [6, 6.07) is 9.80. The minimum Gasteiger partial charge on any atom is -0.372 e. The number of aromatic nitrogens is 1. The zero-order valence-corrected chi connectivity index (χ0v) is 14.6. The van der Waals surface area contributed by atoms with Crippen LogP contribution in [0, 0.1) is 11.7 Å². The highest BCUT2D eigenvalue weighted by Gasteiger charge is 2.27. The fourth-order valence-electron chi connectivity index (χ4n) is 2.87. The van der Waals surface area contributed by atoms with E-state index in [2.05, 4.69) is 5.32 Å². The first-order valence-corrected chi connectivity index (χ1v) is 8.36. The predicted octanol–water partition coefficient (Wildman–Crippen LogP) is 2.03. The molecule has 0 aliphatic carbocycles. The molecular formula is C18H18ClFN2O4. The molecule has 2 unspecified atom stereocenters. The molecule has 1 aromatic carbocycles. The second kappa shape index (κ2) is 9.99. The summed E-state index contributed by atoms with van der Waals surface area (Å²) in [5.74, 6) is -0.446. The normalized spacial score (nSPS) is 19.6. The number of rotatable bonds is 3. The molecule has 8 heteroatoms. The van der Waals surface area contributed by atoms with Gasteiger partial charge in [-0.25, -0.2) is 4.39 Å². The highest BCUT2D eigenvalue weighted by Crippen LogP contribution is 2.30. The third kappa shape index (κ3) is 5.34. The first-order valence-electron chi connectivity index (χ1n) is 7.99. The quantitative estimate of drug-likeness (QED) is 0.881. The first-order chi connectivity index (χ1) is 12.6. The SMILES string of the molecule is O=C=O.O=c1ccccn1CC1CNCCOC1c1ccc(Cl)c(F)c1. The molecule has 0 bridgehead atoms. The van der Waals surface area contributed by atoms with Gasteiger partial charge in [-0.05, 0) is 23.8 Å². The molecule has 6 nitrogen and oxygen atoms in total. The van der Waals surface area contributed by atoms with Crippen LogP contribution >= 0.6 is 11.6 Å². The van der Waals surface area contributed by atoms with Crippen LogP contribution < -0.4 is 10.9 Å². The summed E-state index contributed by atoms with van der Waals surface area (Å²) in [6.45, 7) is 2.46. The molecule has 1 aliphatic heterocycles. The fraction of sp³-hybridized carbons (Fsp3) is 0.333. The zero-order valence-electron chi connectivity index (χ0n) is 13.9. The van der Waals surface area contributed by atoms with E-state index in [1.54, 1.807) is 29.0 Å². The number of nitrogens with zero attached hydrogens (tertiary/aromatic N) is 1. The highest BCUT2D eigenvalue weighted by molar-refractivity contribution is 6.30. The molecule has 1 aromatic heterocycles. The monoisotopic (exact) mass is 380 g/mol. The van der Waals surface area contributed by atoms with Crippen molar-refractivity contribution >= 4 is 17.8 Å². The van der Waals surface area contributed by atoms with Crippen LogP contribution in [0.3, 0.4) is 0 Å². The van der Waals surface area contributed by atoms with E-state index in [1.165, 1.54) is 12.1 Å². The molecule has 2 aromatic rings.